The van der Waals surface area contributed by atoms with Gasteiger partial charge in [0.25, 0.3) is 0 Å². The van der Waals surface area contributed by atoms with Crippen molar-refractivity contribution in [1.82, 2.24) is 0 Å². The van der Waals surface area contributed by atoms with Gasteiger partial charge in [-0.05, 0) is 6.07 Å². The molecule has 7 heteroatoms. The molecule has 1 aromatic carbocycles. The van der Waals surface area contributed by atoms with Crippen LogP contribution in [0, 0.1) is 5.82 Å². The lowest BCUT2D eigenvalue weighted by atomic mass is 10.2. The van der Waals surface area contributed by atoms with Gasteiger partial charge in [-0.15, -0.1) is 0 Å². The molecule has 0 bridgehead atoms. The maximum atomic E-state index is 13.2. The van der Waals surface area contributed by atoms with Crippen molar-refractivity contribution in [2.24, 2.45) is 0 Å². The summed E-state index contributed by atoms with van der Waals surface area (Å²) in [6.45, 7) is -1.70. The first-order valence-corrected chi connectivity index (χ1v) is 4.62. The van der Waals surface area contributed by atoms with Gasteiger partial charge in [-0.25, -0.2) is 4.39 Å². The second-order valence-corrected chi connectivity index (χ2v) is 3.25. The van der Waals surface area contributed by atoms with Crippen LogP contribution in [0.4, 0.5) is 17.6 Å². The van der Waals surface area contributed by atoms with Crippen LogP contribution in [0.25, 0.3) is 0 Å². The van der Waals surface area contributed by atoms with E-state index >= 15 is 0 Å². The topological polar surface area (TPSA) is 49.7 Å². The zero-order valence-corrected chi connectivity index (χ0v) is 8.54. The fraction of sp³-hybridized carbons (Fsp3) is 0.400. The smallest absolute Gasteiger partial charge is 0.417 e. The quantitative estimate of drug-likeness (QED) is 0.803. The van der Waals surface area contributed by atoms with E-state index in [1.54, 1.807) is 0 Å². The molecule has 0 heterocycles. The summed E-state index contributed by atoms with van der Waals surface area (Å²) in [5.41, 5.74) is 0.0133. The molecule has 0 aliphatic carbocycles. The van der Waals surface area contributed by atoms with Crippen LogP contribution in [0.3, 0.4) is 0 Å². The van der Waals surface area contributed by atoms with E-state index in [1.165, 1.54) is 12.1 Å². The molecule has 96 valence electrons. The molecule has 1 atom stereocenters. The Balaban J connectivity index is 2.76. The minimum atomic E-state index is -4.83. The third-order valence-corrected chi connectivity index (χ3v) is 1.98. The summed E-state index contributed by atoms with van der Waals surface area (Å²) in [6.07, 6.45) is -7.53. The first-order chi connectivity index (χ1) is 7.86. The minimum Gasteiger partial charge on any atom is -0.487 e. The van der Waals surface area contributed by atoms with Crippen LogP contribution >= 0.6 is 0 Å². The van der Waals surface area contributed by atoms with Crippen molar-refractivity contribution >= 4 is 0 Å². The highest BCUT2D eigenvalue weighted by molar-refractivity contribution is 5.34. The molecule has 0 amide bonds. The molecule has 1 rings (SSSR count). The molecular weight excluding hydrogens is 244 g/mol. The fourth-order valence-corrected chi connectivity index (χ4v) is 1.10. The summed E-state index contributed by atoms with van der Waals surface area (Å²) in [7, 11) is 0. The van der Waals surface area contributed by atoms with E-state index in [9.17, 15) is 17.6 Å². The number of para-hydroxylation sites is 1. The first kappa shape index (κ1) is 13.7. The molecule has 1 unspecified atom stereocenters. The average Bonchev–Trinajstić information content (AvgIpc) is 2.25. The number of aliphatic hydroxyl groups is 2. The Morgan fingerprint density at radius 2 is 1.94 bits per heavy atom. The SMILES string of the molecule is OCc1cccc(F)c1OCC(O)C(F)(F)F. The maximum absolute atomic E-state index is 13.2. The molecule has 0 aromatic heterocycles. The van der Waals surface area contributed by atoms with Gasteiger partial charge in [0, 0.05) is 5.56 Å². The molecular formula is C10H10F4O3. The van der Waals surface area contributed by atoms with Crippen molar-refractivity contribution in [2.75, 3.05) is 6.61 Å². The molecule has 0 saturated heterocycles. The summed E-state index contributed by atoms with van der Waals surface area (Å²) in [5, 5.41) is 17.5. The molecule has 0 aliphatic heterocycles. The summed E-state index contributed by atoms with van der Waals surface area (Å²) < 4.78 is 53.6. The number of ether oxygens (including phenoxy) is 1. The first-order valence-electron chi connectivity index (χ1n) is 4.62. The molecule has 0 aliphatic rings. The number of hydrogen-bond donors (Lipinski definition) is 2. The van der Waals surface area contributed by atoms with Crippen molar-refractivity contribution in [1.29, 1.82) is 0 Å². The highest BCUT2D eigenvalue weighted by Gasteiger charge is 2.38. The Kier molecular flexibility index (Phi) is 4.30. The van der Waals surface area contributed by atoms with E-state index in [0.717, 1.165) is 6.07 Å². The summed E-state index contributed by atoms with van der Waals surface area (Å²) >= 11 is 0. The largest absolute Gasteiger partial charge is 0.487 e. The minimum absolute atomic E-state index is 0.0133. The molecule has 0 saturated carbocycles. The Hall–Kier alpha value is -1.34. The van der Waals surface area contributed by atoms with Crippen molar-refractivity contribution in [3.8, 4) is 5.75 Å². The standard InChI is InChI=1S/C10H10F4O3/c11-7-3-1-2-6(4-15)9(7)17-5-8(16)10(12,13)14/h1-3,8,15-16H,4-5H2. The van der Waals surface area contributed by atoms with Gasteiger partial charge in [-0.3, -0.25) is 0 Å². The lowest BCUT2D eigenvalue weighted by Crippen LogP contribution is -2.34. The van der Waals surface area contributed by atoms with Crippen LogP contribution in [0.5, 0.6) is 5.75 Å². The number of rotatable bonds is 4. The van der Waals surface area contributed by atoms with Gasteiger partial charge < -0.3 is 14.9 Å². The number of hydrogen-bond acceptors (Lipinski definition) is 3. The van der Waals surface area contributed by atoms with E-state index in [2.05, 4.69) is 4.74 Å². The van der Waals surface area contributed by atoms with E-state index in [-0.39, 0.29) is 5.56 Å². The van der Waals surface area contributed by atoms with Crippen LogP contribution in [0.15, 0.2) is 18.2 Å². The van der Waals surface area contributed by atoms with E-state index in [4.69, 9.17) is 10.2 Å². The van der Waals surface area contributed by atoms with Gasteiger partial charge >= 0.3 is 6.18 Å². The maximum Gasteiger partial charge on any atom is 0.417 e. The molecule has 1 aromatic rings. The number of aliphatic hydroxyl groups excluding tert-OH is 2. The molecule has 2 N–H and O–H groups in total. The Bertz CT molecular complexity index is 378. The van der Waals surface area contributed by atoms with Gasteiger partial charge in [-0.2, -0.15) is 13.2 Å². The molecule has 0 fully saturated rings. The van der Waals surface area contributed by atoms with Gasteiger partial charge in [0.1, 0.15) is 6.61 Å². The zero-order valence-electron chi connectivity index (χ0n) is 8.54. The average molecular weight is 254 g/mol. The Morgan fingerprint density at radius 3 is 2.47 bits per heavy atom. The predicted molar refractivity (Wildman–Crippen MR) is 49.9 cm³/mol. The van der Waals surface area contributed by atoms with Crippen molar-refractivity contribution in [3.05, 3.63) is 29.6 Å². The molecule has 0 radical (unpaired) electrons. The highest BCUT2D eigenvalue weighted by atomic mass is 19.4. The van der Waals surface area contributed by atoms with Crippen LogP contribution in [0.1, 0.15) is 5.56 Å². The summed E-state index contributed by atoms with van der Waals surface area (Å²) in [6, 6.07) is 3.57. The van der Waals surface area contributed by atoms with Crippen LogP contribution < -0.4 is 4.74 Å². The van der Waals surface area contributed by atoms with E-state index < -0.39 is 37.1 Å². The van der Waals surface area contributed by atoms with Gasteiger partial charge in [0.15, 0.2) is 17.7 Å². The Morgan fingerprint density at radius 1 is 1.29 bits per heavy atom. The Labute approximate surface area is 94.3 Å². The number of halogens is 4. The molecule has 3 nitrogen and oxygen atoms in total. The van der Waals surface area contributed by atoms with Gasteiger partial charge in [0.2, 0.25) is 0 Å². The normalized spacial score (nSPS) is 13.5. The van der Waals surface area contributed by atoms with Crippen LogP contribution in [0.2, 0.25) is 0 Å². The van der Waals surface area contributed by atoms with Crippen LogP contribution in [-0.2, 0) is 6.61 Å². The second-order valence-electron chi connectivity index (χ2n) is 3.25. The molecule has 17 heavy (non-hydrogen) atoms. The predicted octanol–water partition coefficient (Wildman–Crippen LogP) is 1.62. The number of benzene rings is 1. The van der Waals surface area contributed by atoms with Gasteiger partial charge in [0.05, 0.1) is 6.61 Å². The van der Waals surface area contributed by atoms with E-state index in [1.807, 2.05) is 0 Å². The third-order valence-electron chi connectivity index (χ3n) is 1.98. The molecule has 0 spiro atoms. The van der Waals surface area contributed by atoms with E-state index in [0.29, 0.717) is 0 Å². The number of alkyl halides is 3. The van der Waals surface area contributed by atoms with Crippen molar-refractivity contribution in [3.63, 3.8) is 0 Å². The summed E-state index contributed by atoms with van der Waals surface area (Å²) in [5.74, 6) is -1.38. The summed E-state index contributed by atoms with van der Waals surface area (Å²) in [4.78, 5) is 0. The zero-order chi connectivity index (χ0) is 13.1. The lowest BCUT2D eigenvalue weighted by molar-refractivity contribution is -0.210. The monoisotopic (exact) mass is 254 g/mol. The second kappa shape index (κ2) is 5.33. The third kappa shape index (κ3) is 3.57. The fourth-order valence-electron chi connectivity index (χ4n) is 1.10. The highest BCUT2D eigenvalue weighted by Crippen LogP contribution is 2.25. The van der Waals surface area contributed by atoms with Crippen molar-refractivity contribution in [2.45, 2.75) is 18.9 Å². The lowest BCUT2D eigenvalue weighted by Gasteiger charge is -2.16. The van der Waals surface area contributed by atoms with Crippen molar-refractivity contribution < 1.29 is 32.5 Å². The van der Waals surface area contributed by atoms with Crippen LogP contribution in [-0.4, -0.2) is 29.1 Å². The van der Waals surface area contributed by atoms with Gasteiger partial charge in [-0.1, -0.05) is 12.1 Å².